The van der Waals surface area contributed by atoms with E-state index in [0.717, 1.165) is 25.8 Å². The summed E-state index contributed by atoms with van der Waals surface area (Å²) in [5, 5.41) is 2.72. The zero-order chi connectivity index (χ0) is 23.3. The molecule has 1 aliphatic carbocycles. The molecule has 1 nitrogen and oxygen atoms in total. The zero-order valence-electron chi connectivity index (χ0n) is 19.4. The predicted molar refractivity (Wildman–Crippen MR) is 149 cm³/mol. The molecule has 35 heavy (non-hydrogen) atoms. The van der Waals surface area contributed by atoms with Gasteiger partial charge < -0.3 is 0 Å². The quantitative estimate of drug-likeness (QED) is 0.227. The Morgan fingerprint density at radius 3 is 2.20 bits per heavy atom. The van der Waals surface area contributed by atoms with Crippen LogP contribution in [0.15, 0.2) is 109 Å². The first-order valence-electron chi connectivity index (χ1n) is 12.3. The number of nitrogens with zero attached hydrogens (tertiary/aromatic N) is 1. The van der Waals surface area contributed by atoms with Gasteiger partial charge in [0.2, 0.25) is 0 Å². The summed E-state index contributed by atoms with van der Waals surface area (Å²) in [6.45, 7) is 2.58. The number of hydrogen-bond acceptors (Lipinski definition) is 0. The molecule has 1 unspecified atom stereocenters. The first-order chi connectivity index (χ1) is 17.2. The monoisotopic (exact) mass is 638 g/mol. The summed E-state index contributed by atoms with van der Waals surface area (Å²) >= 11 is 1.01. The number of para-hydroxylation sites is 2. The normalized spacial score (nSPS) is 17.5. The van der Waals surface area contributed by atoms with Gasteiger partial charge in [0.25, 0.3) is 0 Å². The molecule has 0 bridgehead atoms. The Labute approximate surface area is 221 Å². The summed E-state index contributed by atoms with van der Waals surface area (Å²) in [4.78, 5) is 0. The van der Waals surface area contributed by atoms with Crippen LogP contribution in [0.4, 0.5) is 0 Å². The molecule has 1 atom stereocenters. The van der Waals surface area contributed by atoms with Gasteiger partial charge in [-0.3, -0.25) is 0 Å². The van der Waals surface area contributed by atoms with Gasteiger partial charge in [-0.05, 0) is 0 Å². The van der Waals surface area contributed by atoms with Crippen molar-refractivity contribution in [2.45, 2.75) is 12.3 Å². The van der Waals surface area contributed by atoms with Crippen LogP contribution in [0.1, 0.15) is 23.6 Å². The molecular formula is C32H21BNPb. The van der Waals surface area contributed by atoms with Crippen molar-refractivity contribution in [1.29, 1.82) is 0 Å². The molecule has 3 heteroatoms. The number of benzene rings is 5. The average Bonchev–Trinajstić information content (AvgIpc) is 3.37. The molecule has 2 heterocycles. The molecule has 6 aromatic rings. The predicted octanol–water partition coefficient (Wildman–Crippen LogP) is 4.89. The second-order valence-corrected chi connectivity index (χ2v) is 12.1. The van der Waals surface area contributed by atoms with Gasteiger partial charge in [-0.2, -0.15) is 0 Å². The van der Waals surface area contributed by atoms with Crippen LogP contribution >= 0.6 is 0 Å². The Hall–Kier alpha value is -3.11. The van der Waals surface area contributed by atoms with Crippen LogP contribution in [-0.4, -0.2) is 37.1 Å². The molecule has 1 aliphatic heterocycles. The number of hydrogen-bond donors (Lipinski definition) is 0. The van der Waals surface area contributed by atoms with E-state index in [-0.39, 0.29) is 12.3 Å². The van der Waals surface area contributed by atoms with Gasteiger partial charge in [0.15, 0.2) is 0 Å². The molecule has 5 aromatic carbocycles. The van der Waals surface area contributed by atoms with Gasteiger partial charge >= 0.3 is 222 Å². The fraction of sp³-hybridized carbons (Fsp3) is 0.0625. The number of fused-ring (bicyclic) bond motifs is 8. The Bertz CT molecular complexity index is 1850. The first kappa shape index (κ1) is 20.1. The summed E-state index contributed by atoms with van der Waals surface area (Å²) in [6, 6.07) is 41.0. The topological polar surface area (TPSA) is 4.93 Å². The van der Waals surface area contributed by atoms with Crippen molar-refractivity contribution < 1.29 is 0 Å². The van der Waals surface area contributed by atoms with E-state index in [0.29, 0.717) is 0 Å². The van der Waals surface area contributed by atoms with Crippen molar-refractivity contribution in [3.8, 4) is 11.1 Å². The van der Waals surface area contributed by atoms with Gasteiger partial charge in [-0.15, -0.1) is 0 Å². The Kier molecular flexibility index (Phi) is 4.01. The molecule has 0 saturated carbocycles. The van der Waals surface area contributed by atoms with Crippen molar-refractivity contribution in [2.24, 2.45) is 0 Å². The number of rotatable bonds is 1. The Morgan fingerprint density at radius 2 is 1.29 bits per heavy atom. The van der Waals surface area contributed by atoms with E-state index in [9.17, 15) is 0 Å². The van der Waals surface area contributed by atoms with Gasteiger partial charge in [0, 0.05) is 0 Å². The fourth-order valence-corrected chi connectivity index (χ4v) is 8.47. The van der Waals surface area contributed by atoms with E-state index < -0.39 is 0 Å². The first-order valence-corrected chi connectivity index (χ1v) is 14.2. The van der Waals surface area contributed by atoms with E-state index in [2.05, 4.69) is 121 Å². The second kappa shape index (κ2) is 6.98. The van der Waals surface area contributed by atoms with E-state index >= 15 is 0 Å². The summed E-state index contributed by atoms with van der Waals surface area (Å²) in [5.41, 5.74) is 12.6. The van der Waals surface area contributed by atoms with Gasteiger partial charge in [0.1, 0.15) is 0 Å². The van der Waals surface area contributed by atoms with E-state index in [1.54, 1.807) is 0 Å². The third-order valence-electron chi connectivity index (χ3n) is 8.43. The van der Waals surface area contributed by atoms with Crippen LogP contribution in [0, 0.1) is 0 Å². The van der Waals surface area contributed by atoms with Crippen molar-refractivity contribution in [3.63, 3.8) is 0 Å². The van der Waals surface area contributed by atoms with Crippen molar-refractivity contribution in [1.82, 2.24) is 4.48 Å². The van der Waals surface area contributed by atoms with Crippen LogP contribution < -0.4 is 14.0 Å². The van der Waals surface area contributed by atoms with Gasteiger partial charge in [-0.1, -0.05) is 0 Å². The van der Waals surface area contributed by atoms with Crippen molar-refractivity contribution in [2.75, 3.05) is 0 Å². The minimum atomic E-state index is -0.141. The summed E-state index contributed by atoms with van der Waals surface area (Å²) in [7, 11) is 0. The third-order valence-corrected chi connectivity index (χ3v) is 10.00. The van der Waals surface area contributed by atoms with Crippen LogP contribution in [-0.2, 0) is 5.41 Å². The summed E-state index contributed by atoms with van der Waals surface area (Å²) < 4.78 is 4.12. The summed E-state index contributed by atoms with van der Waals surface area (Å²) in [6.07, 6.45) is 0. The zero-order valence-corrected chi connectivity index (χ0v) is 23.3. The van der Waals surface area contributed by atoms with Gasteiger partial charge in [0.05, 0.1) is 0 Å². The van der Waals surface area contributed by atoms with Crippen molar-refractivity contribution >= 4 is 68.5 Å². The second-order valence-electron chi connectivity index (χ2n) is 10.0. The van der Waals surface area contributed by atoms with E-state index in [4.69, 9.17) is 0 Å². The molecule has 8 rings (SSSR count). The molecular weight excluding hydrogens is 616 g/mol. The molecule has 3 radical (unpaired) electrons. The summed E-state index contributed by atoms with van der Waals surface area (Å²) in [5.74, 6) is 0. The Balaban J connectivity index is 1.58. The molecule has 1 aromatic heterocycles. The van der Waals surface area contributed by atoms with Crippen LogP contribution in [0.3, 0.4) is 0 Å². The Morgan fingerprint density at radius 1 is 0.629 bits per heavy atom. The van der Waals surface area contributed by atoms with E-state index in [1.165, 1.54) is 63.7 Å². The molecule has 0 spiro atoms. The standard InChI is InChI=1S/C32H21BN.Pb/c1-32-25-15-5-2-11-21(25)24-14-10-18-28(31(24)32)33(27-17-7-6-16-26(27)32)34-29-19-8-3-12-22(29)23-13-4-9-20-30(23)34;/h2-19H,1H3;. The molecule has 161 valence electrons. The van der Waals surface area contributed by atoms with E-state index in [1.807, 2.05) is 0 Å². The molecule has 0 saturated heterocycles. The molecule has 2 aliphatic rings. The average molecular weight is 638 g/mol. The van der Waals surface area contributed by atoms with Crippen LogP contribution in [0.25, 0.3) is 32.9 Å². The molecule has 0 N–H and O–H groups in total. The van der Waals surface area contributed by atoms with Crippen molar-refractivity contribution in [3.05, 3.63) is 126 Å². The fourth-order valence-electron chi connectivity index (χ4n) is 7.11. The minimum absolute atomic E-state index is 0.140. The van der Waals surface area contributed by atoms with Gasteiger partial charge in [-0.25, -0.2) is 0 Å². The van der Waals surface area contributed by atoms with Crippen LogP contribution in [0.5, 0.6) is 0 Å². The maximum absolute atomic E-state index is 2.66. The number of aromatic nitrogens is 1. The molecule has 0 amide bonds. The SMILES string of the molecule is CC12c3ccccc3B(n3c4ccccc4c4ccc[c]([Pb])c43)c3cccc(c31)-c1ccccc12. The van der Waals surface area contributed by atoms with Crippen LogP contribution in [0.2, 0.25) is 0 Å². The third kappa shape index (κ3) is 2.39. The maximum atomic E-state index is 2.66. The molecule has 0 fully saturated rings.